The Morgan fingerprint density at radius 3 is 1.74 bits per heavy atom. The fourth-order valence-corrected chi connectivity index (χ4v) is 3.93. The maximum absolute atomic E-state index is 4.70. The molecule has 2 nitrogen and oxygen atoms in total. The molecule has 5 rings (SSSR count). The molecule has 31 heavy (non-hydrogen) atoms. The molecule has 148 valence electrons. The molecule has 2 heteroatoms. The fraction of sp³-hybridized carbons (Fsp3) is 0.0345. The molecule has 0 unspecified atom stereocenters. The van der Waals surface area contributed by atoms with Crippen LogP contribution in [0.5, 0.6) is 0 Å². The summed E-state index contributed by atoms with van der Waals surface area (Å²) < 4.78 is 2.37. The third-order valence-corrected chi connectivity index (χ3v) is 5.45. The second-order valence-corrected chi connectivity index (χ2v) is 7.53. The van der Waals surface area contributed by atoms with Gasteiger partial charge < -0.3 is 0 Å². The fourth-order valence-electron chi connectivity index (χ4n) is 3.93. The quantitative estimate of drug-likeness (QED) is 0.312. The first-order valence-corrected chi connectivity index (χ1v) is 10.5. The predicted molar refractivity (Wildman–Crippen MR) is 126 cm³/mol. The standard InChI is InChI=1S/C29H23N2/c1-4-12-23(13-5-1)22-31-28(25-16-8-3-9-17-25)20-26(24-14-6-2-7-15-24)21-29(31)27-18-10-11-19-30-27/h1-21H,22H2/q+1. The normalized spacial score (nSPS) is 10.7. The number of aromatic nitrogens is 2. The highest BCUT2D eigenvalue weighted by molar-refractivity contribution is 5.72. The first-order chi connectivity index (χ1) is 15.4. The summed E-state index contributed by atoms with van der Waals surface area (Å²) in [6, 6.07) is 42.4. The van der Waals surface area contributed by atoms with Gasteiger partial charge in [-0.15, -0.1) is 0 Å². The summed E-state index contributed by atoms with van der Waals surface area (Å²) in [4.78, 5) is 4.70. The zero-order valence-corrected chi connectivity index (χ0v) is 17.2. The molecule has 5 aromatic rings. The van der Waals surface area contributed by atoms with Crippen LogP contribution in [0.1, 0.15) is 5.56 Å². The van der Waals surface area contributed by atoms with Crippen molar-refractivity contribution < 1.29 is 4.57 Å². The van der Waals surface area contributed by atoms with Crippen LogP contribution in [-0.4, -0.2) is 4.98 Å². The molecule has 0 aliphatic carbocycles. The van der Waals surface area contributed by atoms with Gasteiger partial charge in [0, 0.05) is 29.5 Å². The van der Waals surface area contributed by atoms with E-state index in [9.17, 15) is 0 Å². The first-order valence-electron chi connectivity index (χ1n) is 10.5. The lowest BCUT2D eigenvalue weighted by atomic mass is 10.00. The summed E-state index contributed by atoms with van der Waals surface area (Å²) in [5, 5.41) is 0. The summed E-state index contributed by atoms with van der Waals surface area (Å²) in [6.07, 6.45) is 1.86. The van der Waals surface area contributed by atoms with Crippen LogP contribution in [0.25, 0.3) is 33.8 Å². The van der Waals surface area contributed by atoms with E-state index in [-0.39, 0.29) is 0 Å². The third kappa shape index (κ3) is 4.15. The van der Waals surface area contributed by atoms with Crippen LogP contribution < -0.4 is 4.57 Å². The zero-order valence-electron chi connectivity index (χ0n) is 17.2. The third-order valence-electron chi connectivity index (χ3n) is 5.45. The molecule has 0 spiro atoms. The SMILES string of the molecule is c1ccc(C[n+]2c(-c3ccccc3)cc(-c3ccccc3)cc2-c2ccccn2)cc1. The van der Waals surface area contributed by atoms with Gasteiger partial charge in [-0.05, 0) is 35.4 Å². The topological polar surface area (TPSA) is 16.8 Å². The number of pyridine rings is 2. The molecule has 0 radical (unpaired) electrons. The molecule has 2 heterocycles. The monoisotopic (exact) mass is 399 g/mol. The average Bonchev–Trinajstić information content (AvgIpc) is 2.86. The minimum atomic E-state index is 0.770. The molecule has 0 saturated carbocycles. The molecule has 0 aliphatic heterocycles. The average molecular weight is 400 g/mol. The van der Waals surface area contributed by atoms with Gasteiger partial charge in [-0.1, -0.05) is 84.9 Å². The largest absolute Gasteiger partial charge is 0.250 e. The molecule has 0 N–H and O–H groups in total. The highest BCUT2D eigenvalue weighted by Gasteiger charge is 2.23. The minimum Gasteiger partial charge on any atom is -0.250 e. The summed E-state index contributed by atoms with van der Waals surface area (Å²) in [5.41, 5.74) is 8.07. The van der Waals surface area contributed by atoms with Crippen molar-refractivity contribution >= 4 is 0 Å². The molecular formula is C29H23N2+. The number of hydrogen-bond acceptors (Lipinski definition) is 1. The van der Waals surface area contributed by atoms with Crippen molar-refractivity contribution in [2.24, 2.45) is 0 Å². The number of benzene rings is 3. The van der Waals surface area contributed by atoms with Crippen molar-refractivity contribution in [2.45, 2.75) is 6.54 Å². The number of hydrogen-bond donors (Lipinski definition) is 0. The van der Waals surface area contributed by atoms with Crippen LogP contribution in [-0.2, 0) is 6.54 Å². The smallest absolute Gasteiger partial charge is 0.232 e. The Hall–Kier alpha value is -4.04. The molecule has 2 aromatic heterocycles. The number of nitrogens with zero attached hydrogens (tertiary/aromatic N) is 2. The van der Waals surface area contributed by atoms with Crippen molar-refractivity contribution in [1.29, 1.82) is 0 Å². The molecule has 0 saturated heterocycles. The molecule has 3 aromatic carbocycles. The van der Waals surface area contributed by atoms with Crippen molar-refractivity contribution in [2.75, 3.05) is 0 Å². The van der Waals surface area contributed by atoms with Gasteiger partial charge in [0.2, 0.25) is 11.4 Å². The van der Waals surface area contributed by atoms with E-state index in [0.717, 1.165) is 17.9 Å². The highest BCUT2D eigenvalue weighted by atomic mass is 15.0. The van der Waals surface area contributed by atoms with Crippen LogP contribution in [0.4, 0.5) is 0 Å². The molecule has 0 amide bonds. The van der Waals surface area contributed by atoms with E-state index in [0.29, 0.717) is 0 Å². The van der Waals surface area contributed by atoms with Crippen molar-refractivity contribution in [1.82, 2.24) is 4.98 Å². The van der Waals surface area contributed by atoms with Gasteiger partial charge in [0.05, 0.1) is 0 Å². The molecular weight excluding hydrogens is 376 g/mol. The van der Waals surface area contributed by atoms with Crippen LogP contribution in [0.3, 0.4) is 0 Å². The van der Waals surface area contributed by atoms with Gasteiger partial charge in [0.25, 0.3) is 0 Å². The lowest BCUT2D eigenvalue weighted by Crippen LogP contribution is -2.39. The maximum atomic E-state index is 4.70. The van der Waals surface area contributed by atoms with E-state index in [1.807, 2.05) is 18.3 Å². The lowest BCUT2D eigenvalue weighted by molar-refractivity contribution is -0.666. The highest BCUT2D eigenvalue weighted by Crippen LogP contribution is 2.28. The van der Waals surface area contributed by atoms with E-state index in [2.05, 4.69) is 114 Å². The summed E-state index contributed by atoms with van der Waals surface area (Å²) in [5.74, 6) is 0. The van der Waals surface area contributed by atoms with Crippen LogP contribution >= 0.6 is 0 Å². The van der Waals surface area contributed by atoms with Gasteiger partial charge in [-0.2, -0.15) is 4.57 Å². The summed E-state index contributed by atoms with van der Waals surface area (Å²) in [7, 11) is 0. The van der Waals surface area contributed by atoms with Crippen LogP contribution in [0.2, 0.25) is 0 Å². The van der Waals surface area contributed by atoms with Gasteiger partial charge >= 0.3 is 0 Å². The van der Waals surface area contributed by atoms with E-state index < -0.39 is 0 Å². The van der Waals surface area contributed by atoms with Crippen molar-refractivity contribution in [3.63, 3.8) is 0 Å². The Labute approximate surface area is 183 Å². The minimum absolute atomic E-state index is 0.770. The zero-order chi connectivity index (χ0) is 20.9. The van der Waals surface area contributed by atoms with Crippen LogP contribution in [0.15, 0.2) is 128 Å². The molecule has 0 aliphatic rings. The Morgan fingerprint density at radius 2 is 1.10 bits per heavy atom. The van der Waals surface area contributed by atoms with Gasteiger partial charge in [-0.25, -0.2) is 4.98 Å². The van der Waals surface area contributed by atoms with Gasteiger partial charge in [0.15, 0.2) is 6.54 Å². The molecule has 0 fully saturated rings. The predicted octanol–water partition coefficient (Wildman–Crippen LogP) is 6.42. The van der Waals surface area contributed by atoms with Crippen molar-refractivity contribution in [3.8, 4) is 33.8 Å². The van der Waals surface area contributed by atoms with Crippen LogP contribution in [0, 0.1) is 0 Å². The Balaban J connectivity index is 1.79. The number of rotatable bonds is 5. The Bertz CT molecular complexity index is 1210. The van der Waals surface area contributed by atoms with E-state index >= 15 is 0 Å². The first kappa shape index (κ1) is 19.0. The summed E-state index contributed by atoms with van der Waals surface area (Å²) in [6.45, 7) is 0.770. The summed E-state index contributed by atoms with van der Waals surface area (Å²) >= 11 is 0. The van der Waals surface area contributed by atoms with E-state index in [1.54, 1.807) is 0 Å². The van der Waals surface area contributed by atoms with Crippen molar-refractivity contribution in [3.05, 3.63) is 133 Å². The molecule has 0 atom stereocenters. The van der Waals surface area contributed by atoms with Gasteiger partial charge in [-0.3, -0.25) is 0 Å². The second-order valence-electron chi connectivity index (χ2n) is 7.53. The molecule has 0 bridgehead atoms. The van der Waals surface area contributed by atoms with E-state index in [4.69, 9.17) is 4.98 Å². The second kappa shape index (κ2) is 8.76. The van der Waals surface area contributed by atoms with E-state index in [1.165, 1.54) is 27.9 Å². The van der Waals surface area contributed by atoms with Gasteiger partial charge in [0.1, 0.15) is 5.69 Å². The maximum Gasteiger partial charge on any atom is 0.232 e. The lowest BCUT2D eigenvalue weighted by Gasteiger charge is -2.12. The Morgan fingerprint density at radius 1 is 0.516 bits per heavy atom. The Kier molecular flexibility index (Phi) is 5.36.